The number of nitrogens with one attached hydrogen (secondary N) is 1. The molecule has 0 amide bonds. The second kappa shape index (κ2) is 5.49. The number of carbonyl (C=O) groups is 1. The number of aryl methyl sites for hydroxylation is 2. The van der Waals surface area contributed by atoms with E-state index in [4.69, 9.17) is 5.73 Å². The molecule has 6 nitrogen and oxygen atoms in total. The van der Waals surface area contributed by atoms with Crippen molar-refractivity contribution in [1.29, 1.82) is 0 Å². The lowest BCUT2D eigenvalue weighted by atomic mass is 10.1. The monoisotopic (exact) mass is 319 g/mol. The number of nitrogens with zero attached hydrogens (tertiary/aromatic N) is 3. The highest BCUT2D eigenvalue weighted by Crippen LogP contribution is 2.28. The van der Waals surface area contributed by atoms with Crippen LogP contribution in [0.2, 0.25) is 0 Å². The number of Topliss-reactive ketones (excluding diaryl/α,β-unsaturated/α-hetero) is 1. The zero-order valence-corrected chi connectivity index (χ0v) is 13.3. The largest absolute Gasteiger partial charge is 0.396 e. The highest BCUT2D eigenvalue weighted by molar-refractivity contribution is 6.00. The summed E-state index contributed by atoms with van der Waals surface area (Å²) in [4.78, 5) is 16.3. The van der Waals surface area contributed by atoms with E-state index < -0.39 is 0 Å². The van der Waals surface area contributed by atoms with Gasteiger partial charge >= 0.3 is 0 Å². The third-order valence-electron chi connectivity index (χ3n) is 4.15. The van der Waals surface area contributed by atoms with E-state index in [9.17, 15) is 4.79 Å². The Hall–Kier alpha value is -3.15. The number of pyridine rings is 1. The zero-order valence-electron chi connectivity index (χ0n) is 13.3. The first kappa shape index (κ1) is 14.4. The lowest BCUT2D eigenvalue weighted by molar-refractivity contribution is 0.0994. The molecule has 1 aliphatic carbocycles. The molecule has 3 aromatic rings. The van der Waals surface area contributed by atoms with Gasteiger partial charge in [0.2, 0.25) is 0 Å². The van der Waals surface area contributed by atoms with Gasteiger partial charge in [-0.05, 0) is 54.8 Å². The first-order valence-electron chi connectivity index (χ1n) is 7.81. The molecule has 4 rings (SSSR count). The number of nitrogen functional groups attached to an aromatic ring is 1. The van der Waals surface area contributed by atoms with Gasteiger partial charge in [0, 0.05) is 23.9 Å². The van der Waals surface area contributed by atoms with Gasteiger partial charge in [-0.2, -0.15) is 5.10 Å². The summed E-state index contributed by atoms with van der Waals surface area (Å²) in [6.07, 6.45) is 5.07. The standard InChI is InChI=1S/C18H17N5O/c1-11-9-20-23(10-11)17-7-5-15(19)18(22-17)21-13-3-4-14-12(8-13)2-6-16(14)24/h3-5,7-10H,2,6,19H2,1H3,(H,21,22). The van der Waals surface area contributed by atoms with E-state index in [0.717, 1.165) is 28.8 Å². The SMILES string of the molecule is Cc1cnn(-c2ccc(N)c(Nc3ccc4c(c3)CCC4=O)n2)c1. The third-order valence-corrected chi connectivity index (χ3v) is 4.15. The summed E-state index contributed by atoms with van der Waals surface area (Å²) in [5, 5.41) is 7.51. The molecule has 24 heavy (non-hydrogen) atoms. The second-order valence-electron chi connectivity index (χ2n) is 5.99. The van der Waals surface area contributed by atoms with Crippen LogP contribution < -0.4 is 11.1 Å². The number of ketones is 1. The Kier molecular flexibility index (Phi) is 3.30. The van der Waals surface area contributed by atoms with Gasteiger partial charge in [-0.1, -0.05) is 0 Å². The summed E-state index contributed by atoms with van der Waals surface area (Å²) in [5.74, 6) is 1.48. The average Bonchev–Trinajstić information content (AvgIpc) is 3.16. The Balaban J connectivity index is 1.66. The quantitative estimate of drug-likeness (QED) is 0.775. The Morgan fingerprint density at radius 1 is 1.21 bits per heavy atom. The maximum atomic E-state index is 11.7. The normalized spacial score (nSPS) is 13.1. The van der Waals surface area contributed by atoms with Crippen molar-refractivity contribution >= 4 is 23.0 Å². The molecular weight excluding hydrogens is 302 g/mol. The molecular formula is C18H17N5O. The van der Waals surface area contributed by atoms with Crippen LogP contribution in [0.5, 0.6) is 0 Å². The molecule has 1 aliphatic rings. The molecule has 2 aromatic heterocycles. The molecule has 0 aliphatic heterocycles. The van der Waals surface area contributed by atoms with Gasteiger partial charge in [0.15, 0.2) is 17.4 Å². The summed E-state index contributed by atoms with van der Waals surface area (Å²) in [6, 6.07) is 9.37. The third kappa shape index (κ3) is 2.52. The molecule has 0 atom stereocenters. The first-order chi connectivity index (χ1) is 11.6. The fraction of sp³-hybridized carbons (Fsp3) is 0.167. The van der Waals surface area contributed by atoms with E-state index in [1.807, 2.05) is 37.4 Å². The number of hydrogen-bond acceptors (Lipinski definition) is 5. The van der Waals surface area contributed by atoms with Gasteiger partial charge in [-0.3, -0.25) is 4.79 Å². The van der Waals surface area contributed by atoms with Crippen molar-refractivity contribution in [3.05, 3.63) is 59.4 Å². The summed E-state index contributed by atoms with van der Waals surface area (Å²) in [5.41, 5.74) is 10.4. The van der Waals surface area contributed by atoms with E-state index in [-0.39, 0.29) is 5.78 Å². The second-order valence-corrected chi connectivity index (χ2v) is 5.99. The molecule has 0 fully saturated rings. The molecule has 120 valence electrons. The number of hydrogen-bond donors (Lipinski definition) is 2. The van der Waals surface area contributed by atoms with E-state index in [1.165, 1.54) is 0 Å². The van der Waals surface area contributed by atoms with Crippen LogP contribution in [0.1, 0.15) is 27.9 Å². The van der Waals surface area contributed by atoms with E-state index >= 15 is 0 Å². The summed E-state index contributed by atoms with van der Waals surface area (Å²) >= 11 is 0. The highest BCUT2D eigenvalue weighted by atomic mass is 16.1. The minimum Gasteiger partial charge on any atom is -0.396 e. The van der Waals surface area contributed by atoms with E-state index in [0.29, 0.717) is 23.7 Å². The predicted octanol–water partition coefficient (Wildman–Crippen LogP) is 3.03. The number of fused-ring (bicyclic) bond motifs is 1. The molecule has 0 bridgehead atoms. The van der Waals surface area contributed by atoms with Gasteiger partial charge in [-0.15, -0.1) is 0 Å². The number of aromatic nitrogens is 3. The first-order valence-corrected chi connectivity index (χ1v) is 7.81. The molecule has 0 saturated heterocycles. The molecule has 0 radical (unpaired) electrons. The number of carbonyl (C=O) groups excluding carboxylic acids is 1. The van der Waals surface area contributed by atoms with E-state index in [1.54, 1.807) is 16.9 Å². The minimum atomic E-state index is 0.213. The lowest BCUT2D eigenvalue weighted by Crippen LogP contribution is -2.04. The number of nitrogens with two attached hydrogens (primary N) is 1. The van der Waals surface area contributed by atoms with Gasteiger partial charge in [0.05, 0.1) is 11.9 Å². The van der Waals surface area contributed by atoms with Crippen LogP contribution in [0.25, 0.3) is 5.82 Å². The van der Waals surface area contributed by atoms with Crippen LogP contribution in [-0.2, 0) is 6.42 Å². The molecule has 6 heteroatoms. The number of benzene rings is 1. The Morgan fingerprint density at radius 3 is 2.88 bits per heavy atom. The van der Waals surface area contributed by atoms with Gasteiger partial charge in [0.1, 0.15) is 0 Å². The van der Waals surface area contributed by atoms with Crippen LogP contribution in [0, 0.1) is 6.92 Å². The van der Waals surface area contributed by atoms with Crippen molar-refractivity contribution < 1.29 is 4.79 Å². The fourth-order valence-electron chi connectivity index (χ4n) is 2.90. The van der Waals surface area contributed by atoms with Crippen molar-refractivity contribution in [2.75, 3.05) is 11.1 Å². The molecule has 1 aromatic carbocycles. The van der Waals surface area contributed by atoms with Crippen molar-refractivity contribution in [3.63, 3.8) is 0 Å². The molecule has 0 unspecified atom stereocenters. The molecule has 3 N–H and O–H groups in total. The highest BCUT2D eigenvalue weighted by Gasteiger charge is 2.19. The molecule has 2 heterocycles. The van der Waals surface area contributed by atoms with Crippen molar-refractivity contribution in [3.8, 4) is 5.82 Å². The topological polar surface area (TPSA) is 85.8 Å². The van der Waals surface area contributed by atoms with Crippen LogP contribution >= 0.6 is 0 Å². The van der Waals surface area contributed by atoms with Crippen molar-refractivity contribution in [2.45, 2.75) is 19.8 Å². The summed E-state index contributed by atoms with van der Waals surface area (Å²) in [7, 11) is 0. The van der Waals surface area contributed by atoms with Crippen molar-refractivity contribution in [1.82, 2.24) is 14.8 Å². The lowest BCUT2D eigenvalue weighted by Gasteiger charge is -2.11. The van der Waals surface area contributed by atoms with Gasteiger partial charge < -0.3 is 11.1 Å². The van der Waals surface area contributed by atoms with Gasteiger partial charge in [-0.25, -0.2) is 9.67 Å². The van der Waals surface area contributed by atoms with Crippen LogP contribution in [0.15, 0.2) is 42.7 Å². The predicted molar refractivity (Wildman–Crippen MR) is 92.9 cm³/mol. The van der Waals surface area contributed by atoms with Gasteiger partial charge in [0.25, 0.3) is 0 Å². The maximum absolute atomic E-state index is 11.7. The molecule has 0 saturated carbocycles. The van der Waals surface area contributed by atoms with Crippen LogP contribution in [0.4, 0.5) is 17.2 Å². The molecule has 0 spiro atoms. The number of rotatable bonds is 3. The fourth-order valence-corrected chi connectivity index (χ4v) is 2.90. The maximum Gasteiger partial charge on any atom is 0.163 e. The van der Waals surface area contributed by atoms with E-state index in [2.05, 4.69) is 15.4 Å². The summed E-state index contributed by atoms with van der Waals surface area (Å²) in [6.45, 7) is 1.98. The minimum absolute atomic E-state index is 0.213. The Bertz CT molecular complexity index is 944. The Labute approximate surface area is 139 Å². The smallest absolute Gasteiger partial charge is 0.163 e. The van der Waals surface area contributed by atoms with Crippen LogP contribution in [-0.4, -0.2) is 20.5 Å². The van der Waals surface area contributed by atoms with Crippen LogP contribution in [0.3, 0.4) is 0 Å². The average molecular weight is 319 g/mol. The summed E-state index contributed by atoms with van der Waals surface area (Å²) < 4.78 is 1.71. The number of anilines is 3. The van der Waals surface area contributed by atoms with Crippen molar-refractivity contribution in [2.24, 2.45) is 0 Å². The zero-order chi connectivity index (χ0) is 16.7. The Morgan fingerprint density at radius 2 is 2.08 bits per heavy atom.